The summed E-state index contributed by atoms with van der Waals surface area (Å²) in [4.78, 5) is 0. The predicted molar refractivity (Wildman–Crippen MR) is 37.9 cm³/mol. The molecule has 1 heterocycles. The summed E-state index contributed by atoms with van der Waals surface area (Å²) in [6, 6.07) is -1.49. The van der Waals surface area contributed by atoms with E-state index >= 15 is 0 Å². The molecule has 0 radical (unpaired) electrons. The molecule has 0 aromatic carbocycles. The maximum atomic E-state index is 12.0. The van der Waals surface area contributed by atoms with Crippen LogP contribution in [0.5, 0.6) is 0 Å². The predicted octanol–water partition coefficient (Wildman–Crippen LogP) is 1.32. The van der Waals surface area contributed by atoms with Crippen molar-refractivity contribution in [3.05, 3.63) is 0 Å². The molecule has 0 bridgehead atoms. The second kappa shape index (κ2) is 3.62. The van der Waals surface area contributed by atoms with Crippen LogP contribution in [0.25, 0.3) is 0 Å². The van der Waals surface area contributed by atoms with Gasteiger partial charge in [0.25, 0.3) is 0 Å². The largest absolute Gasteiger partial charge is 0.406 e. The number of hydrogen-bond acceptors (Lipinski definition) is 2. The molecule has 1 aliphatic rings. The summed E-state index contributed by atoms with van der Waals surface area (Å²) in [5, 5.41) is 2.41. The highest BCUT2D eigenvalue weighted by atomic mass is 19.4. The number of ether oxygens (including phenoxy) is 1. The van der Waals surface area contributed by atoms with Crippen molar-refractivity contribution in [2.75, 3.05) is 13.2 Å². The van der Waals surface area contributed by atoms with E-state index < -0.39 is 12.2 Å². The zero-order valence-corrected chi connectivity index (χ0v) is 6.82. The van der Waals surface area contributed by atoms with Gasteiger partial charge in [0.05, 0.1) is 12.7 Å². The molecular formula is C7H12F3NO. The van der Waals surface area contributed by atoms with Gasteiger partial charge >= 0.3 is 6.18 Å². The van der Waals surface area contributed by atoms with Crippen LogP contribution in [-0.2, 0) is 4.74 Å². The molecule has 0 aromatic rings. The fourth-order valence-corrected chi connectivity index (χ4v) is 1.10. The minimum Gasteiger partial charge on any atom is -0.375 e. The Balaban J connectivity index is 2.36. The van der Waals surface area contributed by atoms with Crippen LogP contribution in [0.4, 0.5) is 13.2 Å². The van der Waals surface area contributed by atoms with Gasteiger partial charge in [0.15, 0.2) is 0 Å². The Hall–Kier alpha value is -0.290. The standard InChI is InChI=1S/C7H12F3NO/c1-2-5-3-11-6(4-12-5)7(8,9)10/h5-6,11H,2-4H2,1H3. The molecule has 0 aliphatic carbocycles. The van der Waals surface area contributed by atoms with Crippen LogP contribution >= 0.6 is 0 Å². The Bertz CT molecular complexity index is 140. The van der Waals surface area contributed by atoms with E-state index in [9.17, 15) is 13.2 Å². The summed E-state index contributed by atoms with van der Waals surface area (Å²) >= 11 is 0. The minimum atomic E-state index is -4.18. The van der Waals surface area contributed by atoms with Crippen LogP contribution in [-0.4, -0.2) is 31.5 Å². The van der Waals surface area contributed by atoms with E-state index in [-0.39, 0.29) is 12.7 Å². The average Bonchev–Trinajstić information content (AvgIpc) is 2.03. The Morgan fingerprint density at radius 1 is 1.50 bits per heavy atom. The van der Waals surface area contributed by atoms with E-state index in [2.05, 4.69) is 5.32 Å². The Kier molecular flexibility index (Phi) is 2.95. The van der Waals surface area contributed by atoms with E-state index in [0.717, 1.165) is 6.42 Å². The topological polar surface area (TPSA) is 21.3 Å². The first-order valence-electron chi connectivity index (χ1n) is 3.95. The van der Waals surface area contributed by atoms with Crippen LogP contribution in [0.15, 0.2) is 0 Å². The Labute approximate surface area is 69.1 Å². The van der Waals surface area contributed by atoms with E-state index in [4.69, 9.17) is 4.74 Å². The van der Waals surface area contributed by atoms with Gasteiger partial charge in [-0.25, -0.2) is 0 Å². The lowest BCUT2D eigenvalue weighted by Gasteiger charge is -2.30. The minimum absolute atomic E-state index is 0.0661. The third-order valence-electron chi connectivity index (χ3n) is 1.94. The number of alkyl halides is 3. The maximum absolute atomic E-state index is 12.0. The van der Waals surface area contributed by atoms with Gasteiger partial charge in [0.2, 0.25) is 0 Å². The summed E-state index contributed by atoms with van der Waals surface area (Å²) in [6.07, 6.45) is -3.50. The summed E-state index contributed by atoms with van der Waals surface area (Å²) in [6.45, 7) is 1.92. The highest BCUT2D eigenvalue weighted by molar-refractivity contribution is 4.80. The van der Waals surface area contributed by atoms with Gasteiger partial charge in [-0.05, 0) is 6.42 Å². The first-order chi connectivity index (χ1) is 5.54. The lowest BCUT2D eigenvalue weighted by Crippen LogP contribution is -2.53. The molecule has 12 heavy (non-hydrogen) atoms. The molecule has 72 valence electrons. The smallest absolute Gasteiger partial charge is 0.375 e. The normalized spacial score (nSPS) is 32.0. The lowest BCUT2D eigenvalue weighted by molar-refractivity contribution is -0.184. The Morgan fingerprint density at radius 3 is 2.50 bits per heavy atom. The highest BCUT2D eigenvalue weighted by Gasteiger charge is 2.41. The molecule has 0 amide bonds. The fraction of sp³-hybridized carbons (Fsp3) is 1.00. The fourth-order valence-electron chi connectivity index (χ4n) is 1.10. The van der Waals surface area contributed by atoms with Crippen LogP contribution in [0.1, 0.15) is 13.3 Å². The summed E-state index contributed by atoms with van der Waals surface area (Å²) in [5.41, 5.74) is 0. The van der Waals surface area contributed by atoms with Gasteiger partial charge in [-0.1, -0.05) is 6.92 Å². The van der Waals surface area contributed by atoms with Gasteiger partial charge < -0.3 is 10.1 Å². The maximum Gasteiger partial charge on any atom is 0.406 e. The molecule has 2 nitrogen and oxygen atoms in total. The zero-order chi connectivity index (χ0) is 9.19. The van der Waals surface area contributed by atoms with Crippen LogP contribution in [0.2, 0.25) is 0 Å². The highest BCUT2D eigenvalue weighted by Crippen LogP contribution is 2.22. The molecule has 2 unspecified atom stereocenters. The average molecular weight is 183 g/mol. The van der Waals surface area contributed by atoms with Gasteiger partial charge in [0, 0.05) is 6.54 Å². The summed E-state index contributed by atoms with van der Waals surface area (Å²) in [5.74, 6) is 0. The summed E-state index contributed by atoms with van der Waals surface area (Å²) in [7, 11) is 0. The molecular weight excluding hydrogens is 171 g/mol. The van der Waals surface area contributed by atoms with Gasteiger partial charge in [-0.15, -0.1) is 0 Å². The zero-order valence-electron chi connectivity index (χ0n) is 6.82. The van der Waals surface area contributed by atoms with Crippen molar-refractivity contribution in [2.24, 2.45) is 0 Å². The van der Waals surface area contributed by atoms with Gasteiger partial charge in [-0.2, -0.15) is 13.2 Å². The molecule has 1 saturated heterocycles. The molecule has 1 rings (SSSR count). The van der Waals surface area contributed by atoms with Gasteiger partial charge in [0.1, 0.15) is 6.04 Å². The molecule has 0 spiro atoms. The number of halogens is 3. The first-order valence-corrected chi connectivity index (χ1v) is 3.95. The SMILES string of the molecule is CCC1CNC(C(F)(F)F)CO1. The number of morpholine rings is 1. The third kappa shape index (κ3) is 2.35. The second-order valence-corrected chi connectivity index (χ2v) is 2.87. The van der Waals surface area contributed by atoms with Crippen molar-refractivity contribution >= 4 is 0 Å². The molecule has 0 aromatic heterocycles. The van der Waals surface area contributed by atoms with Crippen molar-refractivity contribution in [3.63, 3.8) is 0 Å². The second-order valence-electron chi connectivity index (χ2n) is 2.87. The van der Waals surface area contributed by atoms with E-state index in [1.165, 1.54) is 0 Å². The van der Waals surface area contributed by atoms with Crippen LogP contribution in [0.3, 0.4) is 0 Å². The van der Waals surface area contributed by atoms with Gasteiger partial charge in [-0.3, -0.25) is 0 Å². The quantitative estimate of drug-likeness (QED) is 0.661. The van der Waals surface area contributed by atoms with Crippen molar-refractivity contribution in [1.29, 1.82) is 0 Å². The molecule has 0 saturated carbocycles. The summed E-state index contributed by atoms with van der Waals surface area (Å²) < 4.78 is 41.1. The van der Waals surface area contributed by atoms with E-state index in [1.807, 2.05) is 6.92 Å². The molecule has 5 heteroatoms. The Morgan fingerprint density at radius 2 is 2.17 bits per heavy atom. The molecule has 1 fully saturated rings. The molecule has 1 N–H and O–H groups in total. The number of rotatable bonds is 1. The van der Waals surface area contributed by atoms with E-state index in [0.29, 0.717) is 6.54 Å². The molecule has 1 aliphatic heterocycles. The van der Waals surface area contributed by atoms with Crippen molar-refractivity contribution in [2.45, 2.75) is 31.7 Å². The molecule has 2 atom stereocenters. The van der Waals surface area contributed by atoms with Crippen LogP contribution < -0.4 is 5.32 Å². The lowest BCUT2D eigenvalue weighted by atomic mass is 10.2. The van der Waals surface area contributed by atoms with Crippen LogP contribution in [0, 0.1) is 0 Å². The number of nitrogens with one attached hydrogen (secondary N) is 1. The van der Waals surface area contributed by atoms with Crippen molar-refractivity contribution < 1.29 is 17.9 Å². The van der Waals surface area contributed by atoms with E-state index in [1.54, 1.807) is 0 Å². The van der Waals surface area contributed by atoms with Crippen molar-refractivity contribution in [3.8, 4) is 0 Å². The van der Waals surface area contributed by atoms with Crippen molar-refractivity contribution in [1.82, 2.24) is 5.32 Å². The number of hydrogen-bond donors (Lipinski definition) is 1. The monoisotopic (exact) mass is 183 g/mol. The third-order valence-corrected chi connectivity index (χ3v) is 1.94. The first kappa shape index (κ1) is 9.80.